The highest BCUT2D eigenvalue weighted by Crippen LogP contribution is 2.53. The van der Waals surface area contributed by atoms with Crippen LogP contribution in [0.4, 0.5) is 11.4 Å². The Bertz CT molecular complexity index is 1720. The van der Waals surface area contributed by atoms with Crippen molar-refractivity contribution in [3.8, 4) is 0 Å². The zero-order chi connectivity index (χ0) is 36.6. The van der Waals surface area contributed by atoms with Gasteiger partial charge >= 0.3 is 11.7 Å². The second-order valence-electron chi connectivity index (χ2n) is 11.7. The van der Waals surface area contributed by atoms with Crippen molar-refractivity contribution in [2.45, 2.75) is 59.2 Å². The van der Waals surface area contributed by atoms with Gasteiger partial charge in [0, 0.05) is 11.8 Å². The Labute approximate surface area is 285 Å². The summed E-state index contributed by atoms with van der Waals surface area (Å²) in [6.45, 7) is 12.7. The van der Waals surface area contributed by atoms with Crippen molar-refractivity contribution >= 4 is 23.3 Å². The molecule has 258 valence electrons. The lowest BCUT2D eigenvalue weighted by Crippen LogP contribution is -2.22. The van der Waals surface area contributed by atoms with Gasteiger partial charge in [-0.25, -0.2) is 4.79 Å². The Morgan fingerprint density at radius 1 is 0.898 bits per heavy atom. The molecule has 2 aliphatic rings. The monoisotopic (exact) mass is 670 g/mol. The number of nitrogen functional groups attached to an aromatic ring is 1. The van der Waals surface area contributed by atoms with E-state index in [1.54, 1.807) is 24.3 Å². The molecular weight excluding hydrogens is 628 g/mol. The molecule has 0 saturated heterocycles. The zero-order valence-corrected chi connectivity index (χ0v) is 28.5. The number of nitrogens with zero attached hydrogens (tertiary/aromatic N) is 3. The molecule has 12 heteroatoms. The predicted molar refractivity (Wildman–Crippen MR) is 184 cm³/mol. The number of carboxylic acid groups (broad SMARTS) is 2. The largest absolute Gasteiger partial charge is 0.545 e. The Morgan fingerprint density at radius 2 is 1.39 bits per heavy atom. The first-order valence-corrected chi connectivity index (χ1v) is 15.4. The van der Waals surface area contributed by atoms with E-state index in [9.17, 15) is 19.6 Å². The van der Waals surface area contributed by atoms with Gasteiger partial charge in [0.15, 0.2) is 10.3 Å². The third-order valence-corrected chi connectivity index (χ3v) is 7.28. The Morgan fingerprint density at radius 3 is 1.76 bits per heavy atom. The van der Waals surface area contributed by atoms with Crippen molar-refractivity contribution in [3.05, 3.63) is 141 Å². The standard InChI is InChI=1S/C12H12O.C7H4N2O2.C7H7NO2.C6H8O.C5H11NO2/c1-11-7-8-12(2,13-11)10-6-4-3-5-9(10)11;8-9-6-4-2-1-3-5(6)7(10)11;8-6-4-2-1-3-5(6)7(9)10;1-5-3-4-6(2)7-5;1-5(2)3-4-8-6-7/h3-8H,1-2H3;1-4H;1-4H,8H2,(H,9,10);3-4H,1-2H3;5H,3-4H2,1-2H3. The summed E-state index contributed by atoms with van der Waals surface area (Å²) in [6, 6.07) is 24.5. The van der Waals surface area contributed by atoms with Gasteiger partial charge in [0.2, 0.25) is 5.39 Å². The summed E-state index contributed by atoms with van der Waals surface area (Å²) in [5, 5.41) is 29.3. The molecule has 3 N–H and O–H groups in total. The summed E-state index contributed by atoms with van der Waals surface area (Å²) in [7, 11) is 0. The van der Waals surface area contributed by atoms with Gasteiger partial charge in [0.25, 0.3) is 0 Å². The maximum atomic E-state index is 10.3. The lowest BCUT2D eigenvalue weighted by Gasteiger charge is -2.18. The van der Waals surface area contributed by atoms with Crippen LogP contribution >= 0.6 is 0 Å². The van der Waals surface area contributed by atoms with E-state index < -0.39 is 11.9 Å². The van der Waals surface area contributed by atoms with E-state index in [4.69, 9.17) is 25.4 Å². The molecule has 2 aliphatic heterocycles. The van der Waals surface area contributed by atoms with Gasteiger partial charge in [0.05, 0.1) is 17.1 Å². The molecule has 0 saturated carbocycles. The van der Waals surface area contributed by atoms with Gasteiger partial charge < -0.3 is 34.7 Å². The number of ether oxygens (including phenoxy) is 1. The van der Waals surface area contributed by atoms with E-state index in [2.05, 4.69) is 79.3 Å². The number of aryl methyl sites for hydroxylation is 2. The number of hydrogen-bond acceptors (Lipinski definition) is 10. The number of fused-ring (bicyclic) bond motifs is 5. The van der Waals surface area contributed by atoms with Crippen LogP contribution in [0.25, 0.3) is 4.98 Å². The Balaban J connectivity index is 0.000000217. The van der Waals surface area contributed by atoms with Gasteiger partial charge in [-0.05, 0) is 93.6 Å². The van der Waals surface area contributed by atoms with Gasteiger partial charge in [-0.15, -0.1) is 4.91 Å². The number of diazo groups is 1. The van der Waals surface area contributed by atoms with E-state index in [0.29, 0.717) is 18.2 Å². The predicted octanol–water partition coefficient (Wildman–Crippen LogP) is 7.85. The maximum absolute atomic E-state index is 10.3. The molecule has 3 heterocycles. The van der Waals surface area contributed by atoms with E-state index in [0.717, 1.165) is 17.9 Å². The van der Waals surface area contributed by atoms with Crippen LogP contribution in [0.3, 0.4) is 0 Å². The number of anilines is 1. The fourth-order valence-corrected chi connectivity index (χ4v) is 4.77. The van der Waals surface area contributed by atoms with Crippen molar-refractivity contribution in [1.29, 1.82) is 5.39 Å². The summed E-state index contributed by atoms with van der Waals surface area (Å²) in [5.41, 5.74) is 7.98. The third-order valence-electron chi connectivity index (χ3n) is 7.28. The first kappa shape index (κ1) is 39.4. The maximum Gasteiger partial charge on any atom is 0.394 e. The molecule has 0 fully saturated rings. The minimum absolute atomic E-state index is 0.00694. The average Bonchev–Trinajstić information content (AvgIpc) is 3.69. The molecule has 0 aliphatic carbocycles. The number of aromatic carboxylic acids is 2. The molecule has 0 spiro atoms. The number of carbonyl (C=O) groups excluding carboxylic acids is 1. The van der Waals surface area contributed by atoms with Crippen LogP contribution in [0.5, 0.6) is 0 Å². The molecule has 0 radical (unpaired) electrons. The Hall–Kier alpha value is -5.80. The second kappa shape index (κ2) is 18.5. The number of carbonyl (C=O) groups is 2. The molecule has 12 nitrogen and oxygen atoms in total. The molecule has 3 aromatic carbocycles. The van der Waals surface area contributed by atoms with Gasteiger partial charge in [-0.2, -0.15) is 0 Å². The fourth-order valence-electron chi connectivity index (χ4n) is 4.77. The zero-order valence-electron chi connectivity index (χ0n) is 28.5. The Kier molecular flexibility index (Phi) is 14.9. The number of furan rings is 1. The van der Waals surface area contributed by atoms with Gasteiger partial charge in [0.1, 0.15) is 29.3 Å². The van der Waals surface area contributed by atoms with Gasteiger partial charge in [-0.3, -0.25) is 0 Å². The molecule has 1 aromatic heterocycles. The summed E-state index contributed by atoms with van der Waals surface area (Å²) < 4.78 is 11.1. The van der Waals surface area contributed by atoms with Crippen LogP contribution in [0, 0.1) is 30.1 Å². The normalized spacial score (nSPS) is 17.2. The van der Waals surface area contributed by atoms with Crippen molar-refractivity contribution in [1.82, 2.24) is 0 Å². The molecule has 4 aromatic rings. The molecule has 2 atom stereocenters. The van der Waals surface area contributed by atoms with Crippen LogP contribution in [0.15, 0.2) is 107 Å². The minimum atomic E-state index is -1.35. The van der Waals surface area contributed by atoms with Crippen molar-refractivity contribution in [2.24, 2.45) is 11.3 Å². The van der Waals surface area contributed by atoms with E-state index in [1.165, 1.54) is 35.4 Å². The van der Waals surface area contributed by atoms with Crippen LogP contribution in [-0.2, 0) is 20.8 Å². The van der Waals surface area contributed by atoms with Crippen LogP contribution < -0.4 is 10.8 Å². The van der Waals surface area contributed by atoms with E-state index in [1.807, 2.05) is 26.0 Å². The number of para-hydroxylation sites is 1. The first-order valence-electron chi connectivity index (χ1n) is 15.4. The average molecular weight is 671 g/mol. The summed E-state index contributed by atoms with van der Waals surface area (Å²) in [5.74, 6) is 0.211. The van der Waals surface area contributed by atoms with Gasteiger partial charge in [-0.1, -0.05) is 62.4 Å². The quantitative estimate of drug-likeness (QED) is 0.0509. The van der Waals surface area contributed by atoms with Crippen molar-refractivity contribution in [2.75, 3.05) is 12.3 Å². The summed E-state index contributed by atoms with van der Waals surface area (Å²) >= 11 is 0. The second-order valence-corrected chi connectivity index (χ2v) is 11.7. The van der Waals surface area contributed by atoms with Crippen LogP contribution in [-0.4, -0.2) is 23.7 Å². The lowest BCUT2D eigenvalue weighted by molar-refractivity contribution is -0.254. The molecule has 2 unspecified atom stereocenters. The smallest absolute Gasteiger partial charge is 0.394 e. The minimum Gasteiger partial charge on any atom is -0.545 e. The molecular formula is C37H42N4O8. The molecule has 0 amide bonds. The number of carboxylic acids is 2. The number of hydrogen-bond donors (Lipinski definition) is 2. The van der Waals surface area contributed by atoms with Crippen LogP contribution in [0.1, 0.15) is 77.5 Å². The number of nitrogens with two attached hydrogens (primary N) is 1. The van der Waals surface area contributed by atoms with E-state index >= 15 is 0 Å². The summed E-state index contributed by atoms with van der Waals surface area (Å²) in [4.78, 5) is 36.9. The number of benzene rings is 3. The van der Waals surface area contributed by atoms with Crippen molar-refractivity contribution < 1.29 is 33.8 Å². The third kappa shape index (κ3) is 11.7. The van der Waals surface area contributed by atoms with Crippen molar-refractivity contribution in [3.63, 3.8) is 0 Å². The lowest BCUT2D eigenvalue weighted by atomic mass is 9.84. The molecule has 49 heavy (non-hydrogen) atoms. The molecule has 6 rings (SSSR count). The van der Waals surface area contributed by atoms with E-state index in [-0.39, 0.29) is 28.0 Å². The molecule has 2 bridgehead atoms. The highest BCUT2D eigenvalue weighted by atomic mass is 16.7. The first-order chi connectivity index (χ1) is 23.2. The fraction of sp³-hybridized carbons (Fsp3) is 0.297. The SMILES string of the molecule is CC(C)CCON=O.CC12C=CC(C)(O1)c1ccccc12.Cc1ccc(C)o1.N#[N+]c1ccccc1C(=O)[O-].Nc1ccccc1C(=O)O. The summed E-state index contributed by atoms with van der Waals surface area (Å²) in [6.07, 6.45) is 5.22. The highest BCUT2D eigenvalue weighted by molar-refractivity contribution is 5.93. The van der Waals surface area contributed by atoms with Crippen LogP contribution in [0.2, 0.25) is 0 Å². The topological polar surface area (TPSA) is 193 Å². The number of rotatable bonds is 6. The highest BCUT2D eigenvalue weighted by Gasteiger charge is 2.50.